The van der Waals surface area contributed by atoms with E-state index in [1.54, 1.807) is 0 Å². The van der Waals surface area contributed by atoms with Gasteiger partial charge in [-0.3, -0.25) is 0 Å². The van der Waals surface area contributed by atoms with Gasteiger partial charge >= 0.3 is 0 Å². The zero-order valence-electron chi connectivity index (χ0n) is 9.16. The molecule has 3 heteroatoms. The molecule has 0 aliphatic carbocycles. The molecule has 0 fully saturated rings. The van der Waals surface area contributed by atoms with Gasteiger partial charge in [-0.2, -0.15) is 0 Å². The maximum absolute atomic E-state index is 5.72. The number of benzene rings is 1. The van der Waals surface area contributed by atoms with E-state index < -0.39 is 0 Å². The first-order valence-electron chi connectivity index (χ1n) is 5.19. The zero-order chi connectivity index (χ0) is 10.2. The fourth-order valence-corrected chi connectivity index (χ4v) is 1.72. The molecule has 0 saturated carbocycles. The van der Waals surface area contributed by atoms with Crippen molar-refractivity contribution >= 4 is 24.0 Å². The van der Waals surface area contributed by atoms with E-state index in [0.29, 0.717) is 0 Å². The van der Waals surface area contributed by atoms with Gasteiger partial charge in [-0.25, -0.2) is 0 Å². The predicted molar refractivity (Wildman–Crippen MR) is 70.2 cm³/mol. The Morgan fingerprint density at radius 2 is 1.80 bits per heavy atom. The Bertz CT molecular complexity index is 239. The summed E-state index contributed by atoms with van der Waals surface area (Å²) in [6, 6.07) is 10.6. The standard InChI is InChI=1S/C12H18ClN.ClH/c1-2-14(11-9-13)10-8-12-6-4-3-5-7-12;/h3-7H,2,8-11H2,1H3;1H. The summed E-state index contributed by atoms with van der Waals surface area (Å²) in [6.07, 6.45) is 1.12. The fraction of sp³-hybridized carbons (Fsp3) is 0.500. The van der Waals surface area contributed by atoms with E-state index in [9.17, 15) is 0 Å². The van der Waals surface area contributed by atoms with Crippen molar-refractivity contribution in [2.24, 2.45) is 0 Å². The van der Waals surface area contributed by atoms with Crippen LogP contribution in [0.2, 0.25) is 0 Å². The van der Waals surface area contributed by atoms with Gasteiger partial charge in [0.1, 0.15) is 0 Å². The summed E-state index contributed by atoms with van der Waals surface area (Å²) in [7, 11) is 0. The van der Waals surface area contributed by atoms with E-state index >= 15 is 0 Å². The zero-order valence-corrected chi connectivity index (χ0v) is 10.7. The van der Waals surface area contributed by atoms with Gasteiger partial charge in [0.05, 0.1) is 0 Å². The summed E-state index contributed by atoms with van der Waals surface area (Å²) in [6.45, 7) is 5.36. The lowest BCUT2D eigenvalue weighted by molar-refractivity contribution is 0.309. The summed E-state index contributed by atoms with van der Waals surface area (Å²) in [5, 5.41) is 0. The van der Waals surface area contributed by atoms with Crippen molar-refractivity contribution in [2.45, 2.75) is 13.3 Å². The predicted octanol–water partition coefficient (Wildman–Crippen LogP) is 3.21. The normalized spacial score (nSPS) is 10.1. The molecule has 0 bridgehead atoms. The van der Waals surface area contributed by atoms with Gasteiger partial charge in [0, 0.05) is 19.0 Å². The van der Waals surface area contributed by atoms with E-state index in [1.807, 2.05) is 0 Å². The average molecular weight is 248 g/mol. The van der Waals surface area contributed by atoms with Gasteiger partial charge in [0.15, 0.2) is 0 Å². The van der Waals surface area contributed by atoms with Crippen LogP contribution in [-0.4, -0.2) is 30.4 Å². The quantitative estimate of drug-likeness (QED) is 0.699. The second-order valence-electron chi connectivity index (χ2n) is 3.36. The number of nitrogens with zero attached hydrogens (tertiary/aromatic N) is 1. The van der Waals surface area contributed by atoms with Crippen molar-refractivity contribution in [1.82, 2.24) is 4.90 Å². The van der Waals surface area contributed by atoms with Crippen LogP contribution in [0.5, 0.6) is 0 Å². The maximum Gasteiger partial charge on any atom is 0.0351 e. The third-order valence-corrected chi connectivity index (χ3v) is 2.58. The van der Waals surface area contributed by atoms with Crippen LogP contribution >= 0.6 is 24.0 Å². The molecule has 15 heavy (non-hydrogen) atoms. The molecule has 0 unspecified atom stereocenters. The second kappa shape index (κ2) is 9.02. The summed E-state index contributed by atoms with van der Waals surface area (Å²) in [5.74, 6) is 0.725. The minimum atomic E-state index is 0. The average Bonchev–Trinajstić information content (AvgIpc) is 2.25. The highest BCUT2D eigenvalue weighted by atomic mass is 35.5. The van der Waals surface area contributed by atoms with Gasteiger partial charge in [-0.15, -0.1) is 24.0 Å². The highest BCUT2D eigenvalue weighted by Crippen LogP contribution is 2.01. The van der Waals surface area contributed by atoms with Gasteiger partial charge in [0.25, 0.3) is 0 Å². The van der Waals surface area contributed by atoms with Crippen LogP contribution in [0.15, 0.2) is 30.3 Å². The molecule has 0 aromatic heterocycles. The van der Waals surface area contributed by atoms with Crippen molar-refractivity contribution in [2.75, 3.05) is 25.5 Å². The van der Waals surface area contributed by atoms with E-state index in [1.165, 1.54) is 5.56 Å². The molecule has 1 aromatic rings. The molecular formula is C12H19Cl2N. The maximum atomic E-state index is 5.72. The largest absolute Gasteiger partial charge is 0.302 e. The van der Waals surface area contributed by atoms with Gasteiger partial charge in [0.2, 0.25) is 0 Å². The molecule has 0 amide bonds. The van der Waals surface area contributed by atoms with Crippen LogP contribution < -0.4 is 0 Å². The molecule has 0 saturated heterocycles. The first-order valence-corrected chi connectivity index (χ1v) is 5.72. The summed E-state index contributed by atoms with van der Waals surface area (Å²) >= 11 is 5.72. The van der Waals surface area contributed by atoms with Crippen molar-refractivity contribution in [3.63, 3.8) is 0 Å². The Morgan fingerprint density at radius 3 is 2.33 bits per heavy atom. The van der Waals surface area contributed by atoms with E-state index in [4.69, 9.17) is 11.6 Å². The van der Waals surface area contributed by atoms with Crippen LogP contribution in [0.25, 0.3) is 0 Å². The van der Waals surface area contributed by atoms with Crippen LogP contribution in [-0.2, 0) is 6.42 Å². The van der Waals surface area contributed by atoms with Crippen LogP contribution in [0, 0.1) is 0 Å². The highest BCUT2D eigenvalue weighted by molar-refractivity contribution is 6.18. The number of halogens is 2. The Labute approximate surface area is 104 Å². The minimum absolute atomic E-state index is 0. The first kappa shape index (κ1) is 14.8. The molecule has 0 N–H and O–H groups in total. The first-order chi connectivity index (χ1) is 6.86. The van der Waals surface area contributed by atoms with Crippen molar-refractivity contribution in [1.29, 1.82) is 0 Å². The van der Waals surface area contributed by atoms with Crippen LogP contribution in [0.4, 0.5) is 0 Å². The Morgan fingerprint density at radius 1 is 1.13 bits per heavy atom. The lowest BCUT2D eigenvalue weighted by Crippen LogP contribution is -2.27. The lowest BCUT2D eigenvalue weighted by Gasteiger charge is -2.18. The highest BCUT2D eigenvalue weighted by Gasteiger charge is 2.00. The van der Waals surface area contributed by atoms with E-state index in [2.05, 4.69) is 42.2 Å². The third kappa shape index (κ3) is 6.03. The molecule has 0 heterocycles. The van der Waals surface area contributed by atoms with Crippen LogP contribution in [0.1, 0.15) is 12.5 Å². The van der Waals surface area contributed by atoms with Gasteiger partial charge in [-0.1, -0.05) is 37.3 Å². The molecule has 0 aliphatic rings. The molecule has 0 radical (unpaired) electrons. The number of alkyl halides is 1. The molecule has 1 rings (SSSR count). The summed E-state index contributed by atoms with van der Waals surface area (Å²) in [4.78, 5) is 2.38. The third-order valence-electron chi connectivity index (χ3n) is 2.41. The fourth-order valence-electron chi connectivity index (χ4n) is 1.48. The van der Waals surface area contributed by atoms with Crippen molar-refractivity contribution in [3.05, 3.63) is 35.9 Å². The second-order valence-corrected chi connectivity index (χ2v) is 3.74. The topological polar surface area (TPSA) is 3.24 Å². The van der Waals surface area contributed by atoms with E-state index in [0.717, 1.165) is 31.9 Å². The Kier molecular flexibility index (Phi) is 8.88. The number of rotatable bonds is 6. The number of hydrogen-bond acceptors (Lipinski definition) is 1. The lowest BCUT2D eigenvalue weighted by atomic mass is 10.1. The van der Waals surface area contributed by atoms with Crippen LogP contribution in [0.3, 0.4) is 0 Å². The number of likely N-dealkylation sites (N-methyl/N-ethyl adjacent to an activating group) is 1. The minimum Gasteiger partial charge on any atom is -0.302 e. The SMILES string of the molecule is CCN(CCCl)CCc1ccccc1.Cl. The number of hydrogen-bond donors (Lipinski definition) is 0. The molecule has 1 aromatic carbocycles. The Hall–Kier alpha value is -0.240. The smallest absolute Gasteiger partial charge is 0.0351 e. The summed E-state index contributed by atoms with van der Waals surface area (Å²) in [5.41, 5.74) is 1.40. The van der Waals surface area contributed by atoms with Crippen molar-refractivity contribution in [3.8, 4) is 0 Å². The van der Waals surface area contributed by atoms with E-state index in [-0.39, 0.29) is 12.4 Å². The summed E-state index contributed by atoms with van der Waals surface area (Å²) < 4.78 is 0. The molecular weight excluding hydrogens is 229 g/mol. The molecule has 0 atom stereocenters. The van der Waals surface area contributed by atoms with Crippen molar-refractivity contribution < 1.29 is 0 Å². The van der Waals surface area contributed by atoms with Gasteiger partial charge in [-0.05, 0) is 18.5 Å². The molecule has 86 valence electrons. The Balaban J connectivity index is 0.00000196. The molecule has 1 nitrogen and oxygen atoms in total. The molecule has 0 spiro atoms. The molecule has 0 aliphatic heterocycles. The monoisotopic (exact) mass is 247 g/mol. The van der Waals surface area contributed by atoms with Gasteiger partial charge < -0.3 is 4.90 Å².